The number of rotatable bonds is 5. The van der Waals surface area contributed by atoms with Gasteiger partial charge in [-0.15, -0.1) is 11.3 Å². The molecule has 1 aliphatic heterocycles. The molecule has 0 atom stereocenters. The van der Waals surface area contributed by atoms with Crippen LogP contribution in [0.3, 0.4) is 0 Å². The van der Waals surface area contributed by atoms with E-state index in [-0.39, 0.29) is 4.21 Å². The first-order valence-corrected chi connectivity index (χ1v) is 9.41. The first-order valence-electron chi connectivity index (χ1n) is 6.73. The van der Waals surface area contributed by atoms with Crippen molar-refractivity contribution in [2.24, 2.45) is 4.99 Å². The van der Waals surface area contributed by atoms with Crippen molar-refractivity contribution in [3.63, 3.8) is 0 Å². The molecule has 0 spiro atoms. The average Bonchev–Trinajstić information content (AvgIpc) is 3.10. The Morgan fingerprint density at radius 3 is 2.67 bits per heavy atom. The highest BCUT2D eigenvalue weighted by Gasteiger charge is 2.17. The average molecular weight is 351 g/mol. The molecular formula is C12H19ClN4O2S2. The molecule has 21 heavy (non-hydrogen) atoms. The number of aliphatic imine (C=N–C) groups is 1. The highest BCUT2D eigenvalue weighted by Crippen LogP contribution is 2.25. The van der Waals surface area contributed by atoms with E-state index in [9.17, 15) is 8.42 Å². The van der Waals surface area contributed by atoms with Crippen LogP contribution >= 0.6 is 22.9 Å². The predicted molar refractivity (Wildman–Crippen MR) is 86.7 cm³/mol. The van der Waals surface area contributed by atoms with E-state index in [1.807, 2.05) is 0 Å². The lowest BCUT2D eigenvalue weighted by atomic mass is 10.4. The molecule has 0 bridgehead atoms. The molecule has 0 radical (unpaired) electrons. The minimum Gasteiger partial charge on any atom is -0.355 e. The van der Waals surface area contributed by atoms with Crippen molar-refractivity contribution in [1.82, 2.24) is 14.9 Å². The van der Waals surface area contributed by atoms with Crippen molar-refractivity contribution in [3.8, 4) is 0 Å². The van der Waals surface area contributed by atoms with Gasteiger partial charge in [-0.25, -0.2) is 13.1 Å². The van der Waals surface area contributed by atoms with Crippen molar-refractivity contribution in [2.45, 2.75) is 17.1 Å². The summed E-state index contributed by atoms with van der Waals surface area (Å²) in [7, 11) is -1.74. The Balaban J connectivity index is 1.78. The standard InChI is InChI=1S/C12H19ClN4O2S2/c1-14-12(17-8-2-3-9-17)15-6-7-16-21(18,19)11-5-4-10(13)20-11/h4-5,16H,2-3,6-9H2,1H3,(H,14,15). The van der Waals surface area contributed by atoms with Crippen LogP contribution in [0.4, 0.5) is 0 Å². The van der Waals surface area contributed by atoms with Gasteiger partial charge in [-0.2, -0.15) is 0 Å². The van der Waals surface area contributed by atoms with Crippen LogP contribution in [0.15, 0.2) is 21.3 Å². The fourth-order valence-electron chi connectivity index (χ4n) is 2.13. The van der Waals surface area contributed by atoms with Crippen LogP contribution in [0.2, 0.25) is 4.34 Å². The van der Waals surface area contributed by atoms with E-state index in [2.05, 4.69) is 19.9 Å². The van der Waals surface area contributed by atoms with Crippen LogP contribution in [0.1, 0.15) is 12.8 Å². The van der Waals surface area contributed by atoms with Gasteiger partial charge in [0.25, 0.3) is 0 Å². The minimum absolute atomic E-state index is 0.233. The number of sulfonamides is 1. The smallest absolute Gasteiger partial charge is 0.250 e. The van der Waals surface area contributed by atoms with Crippen LogP contribution in [0.5, 0.6) is 0 Å². The van der Waals surface area contributed by atoms with E-state index < -0.39 is 10.0 Å². The first kappa shape index (κ1) is 16.5. The van der Waals surface area contributed by atoms with Gasteiger partial charge in [0.1, 0.15) is 4.21 Å². The quantitative estimate of drug-likeness (QED) is 0.477. The molecular weight excluding hydrogens is 332 g/mol. The van der Waals surface area contributed by atoms with Gasteiger partial charge in [0.05, 0.1) is 4.34 Å². The number of thiophene rings is 1. The van der Waals surface area contributed by atoms with E-state index in [0.29, 0.717) is 17.4 Å². The van der Waals surface area contributed by atoms with Crippen LogP contribution in [0, 0.1) is 0 Å². The Hall–Kier alpha value is -0.830. The van der Waals surface area contributed by atoms with Crippen molar-refractivity contribution in [3.05, 3.63) is 16.5 Å². The molecule has 1 aromatic rings. The van der Waals surface area contributed by atoms with Gasteiger partial charge >= 0.3 is 0 Å². The number of nitrogens with one attached hydrogen (secondary N) is 2. The monoisotopic (exact) mass is 350 g/mol. The second-order valence-electron chi connectivity index (χ2n) is 4.62. The third-order valence-electron chi connectivity index (χ3n) is 3.13. The van der Waals surface area contributed by atoms with Crippen LogP contribution in [0.25, 0.3) is 0 Å². The van der Waals surface area contributed by atoms with Crippen molar-refractivity contribution < 1.29 is 8.42 Å². The maximum atomic E-state index is 12.0. The number of likely N-dealkylation sites (tertiary alicyclic amines) is 1. The number of guanidine groups is 1. The van der Waals surface area contributed by atoms with Crippen molar-refractivity contribution in [1.29, 1.82) is 0 Å². The summed E-state index contributed by atoms with van der Waals surface area (Å²) >= 11 is 6.80. The van der Waals surface area contributed by atoms with Gasteiger partial charge < -0.3 is 10.2 Å². The Kier molecular flexibility index (Phi) is 5.86. The summed E-state index contributed by atoms with van der Waals surface area (Å²) in [5, 5.41) is 3.17. The molecule has 1 saturated heterocycles. The maximum Gasteiger partial charge on any atom is 0.250 e. The summed E-state index contributed by atoms with van der Waals surface area (Å²) in [6, 6.07) is 3.08. The van der Waals surface area contributed by atoms with E-state index in [1.165, 1.54) is 18.9 Å². The normalized spacial score (nSPS) is 16.5. The lowest BCUT2D eigenvalue weighted by Crippen LogP contribution is -2.42. The number of nitrogens with zero attached hydrogens (tertiary/aromatic N) is 2. The summed E-state index contributed by atoms with van der Waals surface area (Å²) in [5.41, 5.74) is 0. The van der Waals surface area contributed by atoms with Crippen LogP contribution < -0.4 is 10.0 Å². The summed E-state index contributed by atoms with van der Waals surface area (Å²) in [6.07, 6.45) is 2.35. The minimum atomic E-state index is -3.47. The molecule has 1 fully saturated rings. The third kappa shape index (κ3) is 4.57. The van der Waals surface area contributed by atoms with Crippen molar-refractivity contribution in [2.75, 3.05) is 33.2 Å². The fraction of sp³-hybridized carbons (Fsp3) is 0.583. The van der Waals surface area contributed by atoms with E-state index in [0.717, 1.165) is 30.4 Å². The predicted octanol–water partition coefficient (Wildman–Crippen LogP) is 1.35. The summed E-state index contributed by atoms with van der Waals surface area (Å²) in [4.78, 5) is 6.38. The molecule has 6 nitrogen and oxygen atoms in total. The SMILES string of the molecule is CN=C(NCCNS(=O)(=O)c1ccc(Cl)s1)N1CCCC1. The molecule has 0 amide bonds. The number of hydrogen-bond donors (Lipinski definition) is 2. The highest BCUT2D eigenvalue weighted by molar-refractivity contribution is 7.91. The summed E-state index contributed by atoms with van der Waals surface area (Å²) in [6.45, 7) is 2.78. The lowest BCUT2D eigenvalue weighted by molar-refractivity contribution is 0.493. The molecule has 2 N–H and O–H groups in total. The fourth-order valence-corrected chi connectivity index (χ4v) is 4.69. The van der Waals surface area contributed by atoms with E-state index in [1.54, 1.807) is 13.1 Å². The Morgan fingerprint density at radius 2 is 2.10 bits per heavy atom. The molecule has 1 aromatic heterocycles. The Morgan fingerprint density at radius 1 is 1.38 bits per heavy atom. The third-order valence-corrected chi connectivity index (χ3v) is 6.32. The second-order valence-corrected chi connectivity index (χ2v) is 8.33. The second kappa shape index (κ2) is 7.44. The topological polar surface area (TPSA) is 73.8 Å². The van der Waals surface area contributed by atoms with E-state index in [4.69, 9.17) is 11.6 Å². The Bertz CT molecular complexity index is 594. The number of halogens is 1. The van der Waals surface area contributed by atoms with Gasteiger partial charge in [-0.1, -0.05) is 11.6 Å². The highest BCUT2D eigenvalue weighted by atomic mass is 35.5. The van der Waals surface area contributed by atoms with Gasteiger partial charge in [-0.3, -0.25) is 4.99 Å². The zero-order chi connectivity index (χ0) is 15.3. The summed E-state index contributed by atoms with van der Waals surface area (Å²) in [5.74, 6) is 0.825. The molecule has 1 aliphatic rings. The number of hydrogen-bond acceptors (Lipinski definition) is 4. The molecule has 2 rings (SSSR count). The lowest BCUT2D eigenvalue weighted by Gasteiger charge is -2.20. The van der Waals surface area contributed by atoms with Crippen LogP contribution in [-0.2, 0) is 10.0 Å². The van der Waals surface area contributed by atoms with Crippen molar-refractivity contribution >= 4 is 38.9 Å². The molecule has 0 aliphatic carbocycles. The first-order chi connectivity index (χ1) is 10.0. The van der Waals surface area contributed by atoms with Crippen LogP contribution in [-0.4, -0.2) is 52.5 Å². The molecule has 0 unspecified atom stereocenters. The zero-order valence-corrected chi connectivity index (χ0v) is 14.2. The molecule has 9 heteroatoms. The van der Waals surface area contributed by atoms with E-state index >= 15 is 0 Å². The maximum absolute atomic E-state index is 12.0. The largest absolute Gasteiger partial charge is 0.355 e. The summed E-state index contributed by atoms with van der Waals surface area (Å²) < 4.78 is 27.2. The van der Waals surface area contributed by atoms with Gasteiger partial charge in [0.2, 0.25) is 10.0 Å². The van der Waals surface area contributed by atoms with Gasteiger partial charge in [0.15, 0.2) is 5.96 Å². The molecule has 2 heterocycles. The van der Waals surface area contributed by atoms with Gasteiger partial charge in [-0.05, 0) is 25.0 Å². The Labute approximate surface area is 134 Å². The molecule has 118 valence electrons. The molecule has 0 saturated carbocycles. The van der Waals surface area contributed by atoms with Gasteiger partial charge in [0, 0.05) is 33.2 Å². The zero-order valence-electron chi connectivity index (χ0n) is 11.8. The molecule has 0 aromatic carbocycles.